The first-order valence-corrected chi connectivity index (χ1v) is 6.07. The van der Waals surface area contributed by atoms with Gasteiger partial charge in [-0.25, -0.2) is 0 Å². The van der Waals surface area contributed by atoms with Crippen LogP contribution in [0.4, 0.5) is 5.69 Å². The van der Waals surface area contributed by atoms with E-state index in [1.54, 1.807) is 35.1 Å². The molecule has 0 aliphatic heterocycles. The molecule has 2 aromatic rings. The predicted molar refractivity (Wildman–Crippen MR) is 71.6 cm³/mol. The monoisotopic (exact) mass is 263 g/mol. The van der Waals surface area contributed by atoms with E-state index in [9.17, 15) is 4.79 Å². The van der Waals surface area contributed by atoms with Crippen molar-refractivity contribution in [2.24, 2.45) is 0 Å². The van der Waals surface area contributed by atoms with Crippen LogP contribution in [0.2, 0.25) is 5.02 Å². The average Bonchev–Trinajstić information content (AvgIpc) is 2.85. The molecule has 18 heavy (non-hydrogen) atoms. The Kier molecular flexibility index (Phi) is 3.99. The van der Waals surface area contributed by atoms with Gasteiger partial charge in [-0.1, -0.05) is 11.6 Å². The van der Waals surface area contributed by atoms with Crippen LogP contribution in [0.25, 0.3) is 0 Å². The molecule has 1 atom stereocenters. The normalized spacial score (nSPS) is 12.1. The summed E-state index contributed by atoms with van der Waals surface area (Å²) in [4.78, 5) is 11.8. The minimum atomic E-state index is -0.0414. The van der Waals surface area contributed by atoms with Crippen molar-refractivity contribution in [3.63, 3.8) is 0 Å². The smallest absolute Gasteiger partial charge is 0.226 e. The van der Waals surface area contributed by atoms with Crippen LogP contribution in [0.15, 0.2) is 42.7 Å². The quantitative estimate of drug-likeness (QED) is 0.921. The Labute approximate surface area is 111 Å². The number of carbonyl (C=O) groups is 1. The van der Waals surface area contributed by atoms with Gasteiger partial charge in [0.2, 0.25) is 5.91 Å². The van der Waals surface area contributed by atoms with Crippen molar-refractivity contribution in [1.29, 1.82) is 0 Å². The molecule has 0 aliphatic rings. The van der Waals surface area contributed by atoms with Crippen molar-refractivity contribution >= 4 is 23.2 Å². The first-order valence-electron chi connectivity index (χ1n) is 5.69. The second kappa shape index (κ2) is 5.69. The minimum absolute atomic E-state index is 0.0345. The summed E-state index contributed by atoms with van der Waals surface area (Å²) in [5, 5.41) is 7.58. The van der Waals surface area contributed by atoms with E-state index in [2.05, 4.69) is 10.4 Å². The second-order valence-electron chi connectivity index (χ2n) is 4.09. The molecule has 0 bridgehead atoms. The van der Waals surface area contributed by atoms with Gasteiger partial charge in [0.05, 0.1) is 6.04 Å². The molecule has 1 heterocycles. The number of nitrogens with zero attached hydrogens (tertiary/aromatic N) is 2. The van der Waals surface area contributed by atoms with Crippen LogP contribution in [0, 0.1) is 0 Å². The highest BCUT2D eigenvalue weighted by Crippen LogP contribution is 2.15. The summed E-state index contributed by atoms with van der Waals surface area (Å²) in [5.74, 6) is -0.0414. The summed E-state index contributed by atoms with van der Waals surface area (Å²) >= 11 is 5.78. The fourth-order valence-electron chi connectivity index (χ4n) is 1.65. The van der Waals surface area contributed by atoms with Crippen LogP contribution in [-0.2, 0) is 4.79 Å². The van der Waals surface area contributed by atoms with E-state index in [1.807, 2.05) is 19.2 Å². The Morgan fingerprint density at radius 2 is 2.17 bits per heavy atom. The number of anilines is 1. The largest absolute Gasteiger partial charge is 0.326 e. The fourth-order valence-corrected chi connectivity index (χ4v) is 1.77. The van der Waals surface area contributed by atoms with E-state index in [0.29, 0.717) is 11.4 Å². The topological polar surface area (TPSA) is 46.9 Å². The van der Waals surface area contributed by atoms with E-state index in [4.69, 9.17) is 11.6 Å². The molecule has 1 amide bonds. The number of hydrogen-bond donors (Lipinski definition) is 1. The standard InChI is InChI=1S/C13H14ClN3O/c1-10(17-8-2-7-15-17)9-13(18)16-12-5-3-11(14)4-6-12/h2-8,10H,9H2,1H3,(H,16,18)/t10-/m1/s1. The summed E-state index contributed by atoms with van der Waals surface area (Å²) in [6.07, 6.45) is 3.93. The van der Waals surface area contributed by atoms with Gasteiger partial charge in [0.15, 0.2) is 0 Å². The lowest BCUT2D eigenvalue weighted by Crippen LogP contribution is -2.17. The first-order chi connectivity index (χ1) is 8.65. The maximum Gasteiger partial charge on any atom is 0.226 e. The third-order valence-electron chi connectivity index (χ3n) is 2.59. The Hall–Kier alpha value is -1.81. The molecule has 0 fully saturated rings. The van der Waals surface area contributed by atoms with Gasteiger partial charge in [-0.15, -0.1) is 0 Å². The van der Waals surface area contributed by atoms with Crippen molar-refractivity contribution in [2.75, 3.05) is 5.32 Å². The van der Waals surface area contributed by atoms with E-state index in [-0.39, 0.29) is 11.9 Å². The molecule has 0 spiro atoms. The van der Waals surface area contributed by atoms with Gasteiger partial charge >= 0.3 is 0 Å². The Balaban J connectivity index is 1.91. The number of carbonyl (C=O) groups excluding carboxylic acids is 1. The first kappa shape index (κ1) is 12.6. The van der Waals surface area contributed by atoms with E-state index in [1.165, 1.54) is 0 Å². The molecule has 2 rings (SSSR count). The number of aromatic nitrogens is 2. The molecule has 1 aromatic heterocycles. The molecule has 0 unspecified atom stereocenters. The lowest BCUT2D eigenvalue weighted by atomic mass is 10.2. The molecule has 0 saturated heterocycles. The van der Waals surface area contributed by atoms with E-state index < -0.39 is 0 Å². The van der Waals surface area contributed by atoms with Gasteiger partial charge in [-0.05, 0) is 37.3 Å². The molecule has 1 N–H and O–H groups in total. The molecule has 0 radical (unpaired) electrons. The van der Waals surface area contributed by atoms with Crippen molar-refractivity contribution in [3.8, 4) is 0 Å². The number of rotatable bonds is 4. The van der Waals surface area contributed by atoms with Crippen LogP contribution < -0.4 is 5.32 Å². The zero-order valence-corrected chi connectivity index (χ0v) is 10.8. The maximum absolute atomic E-state index is 11.8. The zero-order valence-electron chi connectivity index (χ0n) is 10.0. The van der Waals surface area contributed by atoms with Crippen molar-refractivity contribution < 1.29 is 4.79 Å². The third-order valence-corrected chi connectivity index (χ3v) is 2.84. The van der Waals surface area contributed by atoms with Crippen LogP contribution in [0.3, 0.4) is 0 Å². The minimum Gasteiger partial charge on any atom is -0.326 e. The molecular formula is C13H14ClN3O. The van der Waals surface area contributed by atoms with Gasteiger partial charge in [-0.2, -0.15) is 5.10 Å². The summed E-state index contributed by atoms with van der Waals surface area (Å²) in [6, 6.07) is 8.92. The zero-order chi connectivity index (χ0) is 13.0. The van der Waals surface area contributed by atoms with Crippen molar-refractivity contribution in [1.82, 2.24) is 9.78 Å². The van der Waals surface area contributed by atoms with Gasteiger partial charge in [0, 0.05) is 29.5 Å². The number of hydrogen-bond acceptors (Lipinski definition) is 2. The number of halogens is 1. The van der Waals surface area contributed by atoms with Gasteiger partial charge in [-0.3, -0.25) is 9.48 Å². The van der Waals surface area contributed by atoms with Crippen molar-refractivity contribution in [2.45, 2.75) is 19.4 Å². The molecule has 4 nitrogen and oxygen atoms in total. The summed E-state index contributed by atoms with van der Waals surface area (Å²) in [5.41, 5.74) is 0.747. The Morgan fingerprint density at radius 1 is 1.44 bits per heavy atom. The number of amides is 1. The van der Waals surface area contributed by atoms with Gasteiger partial charge < -0.3 is 5.32 Å². The third kappa shape index (κ3) is 3.34. The average molecular weight is 264 g/mol. The molecule has 5 heteroatoms. The predicted octanol–water partition coefficient (Wildman–Crippen LogP) is 3.13. The molecule has 0 saturated carbocycles. The number of benzene rings is 1. The Bertz CT molecular complexity index is 508. The highest BCUT2D eigenvalue weighted by Gasteiger charge is 2.10. The van der Waals surface area contributed by atoms with Crippen LogP contribution in [0.1, 0.15) is 19.4 Å². The summed E-state index contributed by atoms with van der Waals surface area (Å²) in [6.45, 7) is 1.95. The van der Waals surface area contributed by atoms with Crippen LogP contribution >= 0.6 is 11.6 Å². The molecule has 0 aliphatic carbocycles. The van der Waals surface area contributed by atoms with E-state index in [0.717, 1.165) is 5.69 Å². The van der Waals surface area contributed by atoms with Gasteiger partial charge in [0.25, 0.3) is 0 Å². The highest BCUT2D eigenvalue weighted by molar-refractivity contribution is 6.30. The number of nitrogens with one attached hydrogen (secondary N) is 1. The van der Waals surface area contributed by atoms with Crippen LogP contribution in [0.5, 0.6) is 0 Å². The highest BCUT2D eigenvalue weighted by atomic mass is 35.5. The summed E-state index contributed by atoms with van der Waals surface area (Å²) in [7, 11) is 0. The van der Waals surface area contributed by atoms with Crippen LogP contribution in [-0.4, -0.2) is 15.7 Å². The Morgan fingerprint density at radius 3 is 2.78 bits per heavy atom. The van der Waals surface area contributed by atoms with E-state index >= 15 is 0 Å². The lowest BCUT2D eigenvalue weighted by molar-refractivity contribution is -0.116. The molecular weight excluding hydrogens is 250 g/mol. The van der Waals surface area contributed by atoms with Crippen molar-refractivity contribution in [3.05, 3.63) is 47.7 Å². The maximum atomic E-state index is 11.8. The fraction of sp³-hybridized carbons (Fsp3) is 0.231. The SMILES string of the molecule is C[C@H](CC(=O)Nc1ccc(Cl)cc1)n1cccn1. The summed E-state index contributed by atoms with van der Waals surface area (Å²) < 4.78 is 1.77. The lowest BCUT2D eigenvalue weighted by Gasteiger charge is -2.12. The van der Waals surface area contributed by atoms with Gasteiger partial charge in [0.1, 0.15) is 0 Å². The molecule has 1 aromatic carbocycles. The molecule has 94 valence electrons. The second-order valence-corrected chi connectivity index (χ2v) is 4.53.